The molecule has 0 radical (unpaired) electrons. The van der Waals surface area contributed by atoms with E-state index in [4.69, 9.17) is 0 Å². The van der Waals surface area contributed by atoms with Crippen molar-refractivity contribution in [3.63, 3.8) is 0 Å². The summed E-state index contributed by atoms with van der Waals surface area (Å²) < 4.78 is 0. The van der Waals surface area contributed by atoms with Gasteiger partial charge in [0.2, 0.25) is 0 Å². The Morgan fingerprint density at radius 1 is 0.630 bits per heavy atom. The minimum atomic E-state index is 0.436. The zero-order chi connectivity index (χ0) is 20.1. The Bertz CT molecular complexity index is 612. The first-order valence-corrected chi connectivity index (χ1v) is 9.20. The molecule has 0 saturated heterocycles. The summed E-state index contributed by atoms with van der Waals surface area (Å²) in [6.45, 7) is 12.7. The van der Waals surface area contributed by atoms with Crippen LogP contribution in [0.2, 0.25) is 0 Å². The summed E-state index contributed by atoms with van der Waals surface area (Å²) in [5.74, 6) is 2.44. The van der Waals surface area contributed by atoms with E-state index in [1.807, 2.05) is 24.5 Å². The summed E-state index contributed by atoms with van der Waals surface area (Å²) in [4.78, 5) is 15.9. The summed E-state index contributed by atoms with van der Waals surface area (Å²) in [7, 11) is 0. The van der Waals surface area contributed by atoms with Crippen LogP contribution in [-0.2, 0) is 0 Å². The van der Waals surface area contributed by atoms with Crippen LogP contribution < -0.4 is 0 Å². The summed E-state index contributed by atoms with van der Waals surface area (Å²) in [6, 6.07) is 3.81. The van der Waals surface area contributed by atoms with Crippen molar-refractivity contribution in [2.45, 2.75) is 59.3 Å². The predicted octanol–water partition coefficient (Wildman–Crippen LogP) is 4.80. The molecule has 0 aromatic carbocycles. The Kier molecular flexibility index (Phi) is 10.4. The molecule has 6 nitrogen and oxygen atoms in total. The van der Waals surface area contributed by atoms with Crippen LogP contribution in [0.5, 0.6) is 0 Å². The molecule has 0 saturated carbocycles. The molecule has 0 spiro atoms. The predicted molar refractivity (Wildman–Crippen MR) is 108 cm³/mol. The van der Waals surface area contributed by atoms with Gasteiger partial charge in [-0.1, -0.05) is 41.5 Å². The van der Waals surface area contributed by atoms with Crippen molar-refractivity contribution in [3.8, 4) is 0 Å². The van der Waals surface area contributed by atoms with Crippen molar-refractivity contribution < 1.29 is 0 Å². The highest BCUT2D eigenvalue weighted by molar-refractivity contribution is 5.09. The molecular weight excluding hydrogens is 336 g/mol. The van der Waals surface area contributed by atoms with Gasteiger partial charge in [0.25, 0.3) is 0 Å². The van der Waals surface area contributed by atoms with Gasteiger partial charge in [-0.3, -0.25) is 0 Å². The van der Waals surface area contributed by atoms with Gasteiger partial charge < -0.3 is 0 Å². The molecule has 3 rings (SSSR count). The third-order valence-corrected chi connectivity index (χ3v) is 3.62. The van der Waals surface area contributed by atoms with E-state index in [0.717, 1.165) is 5.82 Å². The molecule has 0 aliphatic heterocycles. The minimum absolute atomic E-state index is 0.436. The van der Waals surface area contributed by atoms with Crippen molar-refractivity contribution in [1.82, 2.24) is 30.1 Å². The second kappa shape index (κ2) is 12.6. The van der Waals surface area contributed by atoms with Crippen LogP contribution in [0.15, 0.2) is 55.6 Å². The number of aromatic nitrogens is 6. The maximum atomic E-state index is 4.07. The number of hydrogen-bond donors (Lipinski definition) is 0. The third-order valence-electron chi connectivity index (χ3n) is 3.62. The van der Waals surface area contributed by atoms with E-state index in [-0.39, 0.29) is 0 Å². The van der Waals surface area contributed by atoms with Crippen LogP contribution in [0.4, 0.5) is 0 Å². The summed E-state index contributed by atoms with van der Waals surface area (Å²) in [5.41, 5.74) is 2.43. The molecular formula is C21H30N6. The maximum Gasteiger partial charge on any atom is 0.130 e. The molecule has 0 aliphatic carbocycles. The molecule has 0 N–H and O–H groups in total. The van der Waals surface area contributed by atoms with Gasteiger partial charge in [-0.2, -0.15) is 10.2 Å². The van der Waals surface area contributed by atoms with E-state index >= 15 is 0 Å². The van der Waals surface area contributed by atoms with E-state index in [1.54, 1.807) is 31.1 Å². The molecule has 3 heterocycles. The number of nitrogens with zero attached hydrogens (tertiary/aromatic N) is 6. The van der Waals surface area contributed by atoms with Gasteiger partial charge in [0.05, 0.1) is 6.20 Å². The lowest BCUT2D eigenvalue weighted by Gasteiger charge is -2.00. The fraction of sp³-hybridized carbons (Fsp3) is 0.429. The first kappa shape index (κ1) is 22.3. The van der Waals surface area contributed by atoms with Crippen molar-refractivity contribution in [1.29, 1.82) is 0 Å². The molecule has 144 valence electrons. The van der Waals surface area contributed by atoms with Gasteiger partial charge in [0.15, 0.2) is 0 Å². The monoisotopic (exact) mass is 366 g/mol. The molecule has 3 aromatic rings. The Balaban J connectivity index is 0.000000202. The highest BCUT2D eigenvalue weighted by Crippen LogP contribution is 2.10. The largest absolute Gasteiger partial charge is 0.245 e. The second-order valence-corrected chi connectivity index (χ2v) is 6.92. The van der Waals surface area contributed by atoms with Gasteiger partial charge >= 0.3 is 0 Å². The first-order chi connectivity index (χ1) is 12.9. The SMILES string of the molecule is CC(C)c1ccnnc1.CC(C)c1cncnc1.CC(C)c1ncccn1. The van der Waals surface area contributed by atoms with E-state index in [0.29, 0.717) is 17.8 Å². The Hall–Kier alpha value is -2.76. The number of hydrogen-bond acceptors (Lipinski definition) is 6. The Morgan fingerprint density at radius 2 is 1.22 bits per heavy atom. The average molecular weight is 367 g/mol. The van der Waals surface area contributed by atoms with Gasteiger partial charge in [0, 0.05) is 36.9 Å². The van der Waals surface area contributed by atoms with Gasteiger partial charge in [0.1, 0.15) is 12.2 Å². The zero-order valence-corrected chi connectivity index (χ0v) is 17.1. The van der Waals surface area contributed by atoms with Crippen molar-refractivity contribution in [3.05, 3.63) is 72.6 Å². The van der Waals surface area contributed by atoms with Crippen LogP contribution in [-0.4, -0.2) is 30.1 Å². The molecule has 0 amide bonds. The van der Waals surface area contributed by atoms with Crippen LogP contribution in [0, 0.1) is 0 Å². The van der Waals surface area contributed by atoms with Crippen LogP contribution in [0.3, 0.4) is 0 Å². The van der Waals surface area contributed by atoms with E-state index < -0.39 is 0 Å². The lowest BCUT2D eigenvalue weighted by molar-refractivity contribution is 0.774. The maximum absolute atomic E-state index is 4.07. The van der Waals surface area contributed by atoms with Crippen molar-refractivity contribution in [2.24, 2.45) is 0 Å². The van der Waals surface area contributed by atoms with Gasteiger partial charge in [-0.05, 0) is 35.1 Å². The highest BCUT2D eigenvalue weighted by atomic mass is 15.1. The molecule has 0 aliphatic rings. The second-order valence-electron chi connectivity index (χ2n) is 6.92. The molecule has 0 bridgehead atoms. The van der Waals surface area contributed by atoms with E-state index in [9.17, 15) is 0 Å². The molecule has 27 heavy (non-hydrogen) atoms. The lowest BCUT2D eigenvalue weighted by Crippen LogP contribution is -1.93. The van der Waals surface area contributed by atoms with Gasteiger partial charge in [-0.25, -0.2) is 19.9 Å². The molecule has 6 heteroatoms. The van der Waals surface area contributed by atoms with Crippen molar-refractivity contribution >= 4 is 0 Å². The summed E-state index contributed by atoms with van der Waals surface area (Å²) in [6.07, 6.45) is 12.3. The van der Waals surface area contributed by atoms with Crippen LogP contribution >= 0.6 is 0 Å². The molecule has 0 unspecified atom stereocenters. The highest BCUT2D eigenvalue weighted by Gasteiger charge is 1.97. The number of rotatable bonds is 3. The summed E-state index contributed by atoms with van der Waals surface area (Å²) in [5, 5.41) is 7.43. The molecule has 3 aromatic heterocycles. The lowest BCUT2D eigenvalue weighted by atomic mass is 10.1. The normalized spacial score (nSPS) is 10.1. The first-order valence-electron chi connectivity index (χ1n) is 9.20. The van der Waals surface area contributed by atoms with Crippen LogP contribution in [0.1, 0.15) is 76.2 Å². The topological polar surface area (TPSA) is 77.3 Å². The average Bonchev–Trinajstić information content (AvgIpc) is 2.71. The van der Waals surface area contributed by atoms with Gasteiger partial charge in [-0.15, -0.1) is 0 Å². The van der Waals surface area contributed by atoms with Crippen LogP contribution in [0.25, 0.3) is 0 Å². The fourth-order valence-electron chi connectivity index (χ4n) is 1.86. The smallest absolute Gasteiger partial charge is 0.130 e. The Labute approximate surface area is 162 Å². The molecule has 0 atom stereocenters. The standard InChI is InChI=1S/3C7H10N2/c1-6(2)7-3-8-5-9-4-7;1-6(2)7-3-4-8-9-5-7;1-6(2)7-8-4-3-5-9-7/h3*3-6H,1-2H3. The third kappa shape index (κ3) is 9.49. The van der Waals surface area contributed by atoms with E-state index in [1.165, 1.54) is 11.1 Å². The summed E-state index contributed by atoms with van der Waals surface area (Å²) >= 11 is 0. The zero-order valence-electron chi connectivity index (χ0n) is 17.1. The quantitative estimate of drug-likeness (QED) is 0.662. The van der Waals surface area contributed by atoms with E-state index in [2.05, 4.69) is 71.7 Å². The van der Waals surface area contributed by atoms with Crippen molar-refractivity contribution in [2.75, 3.05) is 0 Å². The minimum Gasteiger partial charge on any atom is -0.245 e. The molecule has 0 fully saturated rings. The Morgan fingerprint density at radius 3 is 1.56 bits per heavy atom. The fourth-order valence-corrected chi connectivity index (χ4v) is 1.86.